The van der Waals surface area contributed by atoms with Crippen molar-refractivity contribution in [3.05, 3.63) is 29.8 Å². The average molecular weight is 366 g/mol. The zero-order valence-corrected chi connectivity index (χ0v) is 15.2. The zero-order valence-electron chi connectivity index (χ0n) is 14.4. The number of carbonyl (C=O) groups is 1. The molecule has 0 aromatic heterocycles. The maximum Gasteiger partial charge on any atom is 0.257 e. The summed E-state index contributed by atoms with van der Waals surface area (Å²) in [6.07, 6.45) is 3.98. The highest BCUT2D eigenvalue weighted by atomic mass is 32.2. The molecule has 2 N–H and O–H groups in total. The first-order valence-electron chi connectivity index (χ1n) is 8.93. The molecule has 0 spiro atoms. The topological polar surface area (TPSA) is 84.5 Å². The van der Waals surface area contributed by atoms with Gasteiger partial charge in [-0.3, -0.25) is 4.79 Å². The summed E-state index contributed by atoms with van der Waals surface area (Å²) < 4.78 is 29.1. The maximum atomic E-state index is 11.8. The summed E-state index contributed by atoms with van der Waals surface area (Å²) in [5.74, 6) is 1.69. The van der Waals surface area contributed by atoms with E-state index < -0.39 is 9.84 Å². The number of nitrogens with one attached hydrogen (secondary N) is 2. The first-order chi connectivity index (χ1) is 12.0. The summed E-state index contributed by atoms with van der Waals surface area (Å²) in [5.41, 5.74) is 0.931. The minimum absolute atomic E-state index is 0.00153. The van der Waals surface area contributed by atoms with Crippen LogP contribution in [0.4, 0.5) is 0 Å². The first-order valence-corrected chi connectivity index (χ1v) is 10.8. The predicted octanol–water partition coefficient (Wildman–Crippen LogP) is 1.26. The van der Waals surface area contributed by atoms with Crippen molar-refractivity contribution in [1.29, 1.82) is 0 Å². The highest BCUT2D eigenvalue weighted by molar-refractivity contribution is 7.91. The van der Waals surface area contributed by atoms with Crippen LogP contribution in [0.3, 0.4) is 0 Å². The molecule has 2 fully saturated rings. The normalized spacial score (nSPS) is 22.3. The number of ether oxygens (including phenoxy) is 1. The number of rotatable bonds is 8. The molecular formula is C18H26N2O4S. The van der Waals surface area contributed by atoms with Crippen LogP contribution in [-0.4, -0.2) is 45.0 Å². The van der Waals surface area contributed by atoms with E-state index in [1.807, 2.05) is 24.3 Å². The summed E-state index contributed by atoms with van der Waals surface area (Å²) in [5, 5.41) is 6.19. The molecule has 138 valence electrons. The Bertz CT molecular complexity index is 701. The third kappa shape index (κ3) is 6.01. The van der Waals surface area contributed by atoms with Gasteiger partial charge >= 0.3 is 0 Å². The quantitative estimate of drug-likeness (QED) is 0.724. The molecule has 6 nitrogen and oxygen atoms in total. The van der Waals surface area contributed by atoms with Crippen LogP contribution in [0.2, 0.25) is 0 Å². The zero-order chi connectivity index (χ0) is 17.7. The number of hydrogen-bond donors (Lipinski definition) is 2. The van der Waals surface area contributed by atoms with Crippen molar-refractivity contribution in [2.45, 2.75) is 38.3 Å². The summed E-state index contributed by atoms with van der Waals surface area (Å²) in [6, 6.07) is 7.53. The Kier molecular flexibility index (Phi) is 5.96. The van der Waals surface area contributed by atoms with Gasteiger partial charge in [-0.25, -0.2) is 8.42 Å². The second kappa shape index (κ2) is 8.19. The van der Waals surface area contributed by atoms with Crippen LogP contribution >= 0.6 is 0 Å². The second-order valence-corrected chi connectivity index (χ2v) is 9.21. The smallest absolute Gasteiger partial charge is 0.257 e. The number of benzene rings is 1. The van der Waals surface area contributed by atoms with Gasteiger partial charge in [0.1, 0.15) is 5.75 Å². The minimum atomic E-state index is -2.92. The molecule has 1 aromatic rings. The van der Waals surface area contributed by atoms with E-state index in [1.165, 1.54) is 12.8 Å². The summed E-state index contributed by atoms with van der Waals surface area (Å²) in [7, 11) is -2.92. The van der Waals surface area contributed by atoms with Crippen molar-refractivity contribution in [1.82, 2.24) is 10.6 Å². The lowest BCUT2D eigenvalue weighted by Crippen LogP contribution is -2.39. The van der Waals surface area contributed by atoms with E-state index in [1.54, 1.807) is 0 Å². The highest BCUT2D eigenvalue weighted by Gasteiger charge is 2.24. The fraction of sp³-hybridized carbons (Fsp3) is 0.611. The van der Waals surface area contributed by atoms with Gasteiger partial charge in [-0.2, -0.15) is 0 Å². The van der Waals surface area contributed by atoms with Gasteiger partial charge in [-0.1, -0.05) is 18.2 Å². The molecule has 0 radical (unpaired) electrons. The van der Waals surface area contributed by atoms with Gasteiger partial charge in [0.2, 0.25) is 0 Å². The van der Waals surface area contributed by atoms with Crippen molar-refractivity contribution in [2.75, 3.05) is 24.7 Å². The third-order valence-corrected chi connectivity index (χ3v) is 6.48. The average Bonchev–Trinajstić information content (AvgIpc) is 3.40. The van der Waals surface area contributed by atoms with Crippen LogP contribution in [0.25, 0.3) is 0 Å². The number of carbonyl (C=O) groups excluding carboxylic acids is 1. The van der Waals surface area contributed by atoms with E-state index in [0.717, 1.165) is 18.5 Å². The van der Waals surface area contributed by atoms with E-state index >= 15 is 0 Å². The van der Waals surface area contributed by atoms with Crippen LogP contribution in [-0.2, 0) is 21.2 Å². The lowest BCUT2D eigenvalue weighted by atomic mass is 10.1. The van der Waals surface area contributed by atoms with Gasteiger partial charge in [0, 0.05) is 24.7 Å². The van der Waals surface area contributed by atoms with Gasteiger partial charge in [0.05, 0.1) is 11.5 Å². The Balaban J connectivity index is 1.48. The van der Waals surface area contributed by atoms with E-state index in [4.69, 9.17) is 4.74 Å². The van der Waals surface area contributed by atoms with Crippen LogP contribution in [0, 0.1) is 5.92 Å². The molecule has 25 heavy (non-hydrogen) atoms. The molecule has 1 aliphatic heterocycles. The Labute approximate surface area is 149 Å². The van der Waals surface area contributed by atoms with Crippen molar-refractivity contribution in [3.63, 3.8) is 0 Å². The van der Waals surface area contributed by atoms with Gasteiger partial charge in [0.15, 0.2) is 16.4 Å². The predicted molar refractivity (Wildman–Crippen MR) is 96.2 cm³/mol. The number of hydrogen-bond acceptors (Lipinski definition) is 5. The van der Waals surface area contributed by atoms with Gasteiger partial charge in [-0.05, 0) is 37.7 Å². The van der Waals surface area contributed by atoms with Crippen LogP contribution in [0.15, 0.2) is 24.3 Å². The standard InChI is InChI=1S/C18H26N2O4S/c21-18(20-10-14-7-8-14)12-24-17-6-2-1-4-15(17)11-19-16-5-3-9-25(22,23)13-16/h1-2,4,6,14,16,19H,3,5,7-13H2,(H,20,21)/t16-/m1/s1. The molecule has 0 bridgehead atoms. The van der Waals surface area contributed by atoms with E-state index in [9.17, 15) is 13.2 Å². The summed E-state index contributed by atoms with van der Waals surface area (Å²) >= 11 is 0. The monoisotopic (exact) mass is 366 g/mol. The summed E-state index contributed by atoms with van der Waals surface area (Å²) in [6.45, 7) is 1.27. The molecule has 1 atom stereocenters. The Morgan fingerprint density at radius 1 is 1.20 bits per heavy atom. The van der Waals surface area contributed by atoms with Crippen LogP contribution < -0.4 is 15.4 Å². The SMILES string of the molecule is O=C(COc1ccccc1CN[C@@H]1CCCS(=O)(=O)C1)NCC1CC1. The molecule has 1 heterocycles. The number of amides is 1. The fourth-order valence-electron chi connectivity index (χ4n) is 3.00. The molecule has 1 aromatic carbocycles. The molecule has 0 unspecified atom stereocenters. The van der Waals surface area contributed by atoms with Crippen LogP contribution in [0.5, 0.6) is 5.75 Å². The lowest BCUT2D eigenvalue weighted by molar-refractivity contribution is -0.123. The molecule has 1 saturated heterocycles. The largest absolute Gasteiger partial charge is 0.483 e. The molecule has 1 amide bonds. The van der Waals surface area contributed by atoms with Crippen molar-refractivity contribution < 1.29 is 17.9 Å². The van der Waals surface area contributed by atoms with Gasteiger partial charge < -0.3 is 15.4 Å². The maximum absolute atomic E-state index is 11.8. The number of para-hydroxylation sites is 1. The molecule has 3 rings (SSSR count). The molecule has 1 saturated carbocycles. The lowest BCUT2D eigenvalue weighted by Gasteiger charge is -2.23. The molecule has 1 aliphatic carbocycles. The third-order valence-electron chi connectivity index (χ3n) is 4.66. The van der Waals surface area contributed by atoms with E-state index in [-0.39, 0.29) is 24.3 Å². The van der Waals surface area contributed by atoms with Gasteiger partial charge in [0.25, 0.3) is 5.91 Å². The van der Waals surface area contributed by atoms with Crippen LogP contribution in [0.1, 0.15) is 31.2 Å². The van der Waals surface area contributed by atoms with Crippen molar-refractivity contribution >= 4 is 15.7 Å². The molecule has 2 aliphatic rings. The van der Waals surface area contributed by atoms with Crippen molar-refractivity contribution in [3.8, 4) is 5.75 Å². The fourth-order valence-corrected chi connectivity index (χ4v) is 4.67. The highest BCUT2D eigenvalue weighted by Crippen LogP contribution is 2.27. The second-order valence-electron chi connectivity index (χ2n) is 6.98. The van der Waals surface area contributed by atoms with E-state index in [2.05, 4.69) is 10.6 Å². The molecule has 7 heteroatoms. The van der Waals surface area contributed by atoms with Gasteiger partial charge in [-0.15, -0.1) is 0 Å². The first kappa shape index (κ1) is 18.2. The number of sulfone groups is 1. The van der Waals surface area contributed by atoms with Crippen molar-refractivity contribution in [2.24, 2.45) is 5.92 Å². The Morgan fingerprint density at radius 3 is 2.76 bits per heavy atom. The van der Waals surface area contributed by atoms with E-state index in [0.29, 0.717) is 30.4 Å². The summed E-state index contributed by atoms with van der Waals surface area (Å²) in [4.78, 5) is 11.8. The Hall–Kier alpha value is -1.60. The minimum Gasteiger partial charge on any atom is -0.483 e. The Morgan fingerprint density at radius 2 is 2.00 bits per heavy atom. The molecular weight excluding hydrogens is 340 g/mol.